The zero-order valence-corrected chi connectivity index (χ0v) is 27.9. The molecule has 1 aromatic heterocycles. The molecule has 292 valence electrons. The lowest BCUT2D eigenvalue weighted by Gasteiger charge is -2.46. The van der Waals surface area contributed by atoms with Gasteiger partial charge in [-0.25, -0.2) is 0 Å². The summed E-state index contributed by atoms with van der Waals surface area (Å²) in [4.78, 5) is 14.0. The normalized spacial score (nSPS) is 37.8. The van der Waals surface area contributed by atoms with Crippen molar-refractivity contribution in [2.45, 2.75) is 106 Å². The summed E-state index contributed by atoms with van der Waals surface area (Å²) in [6.07, 6.45) is -25.1. The maximum atomic E-state index is 14.0. The molecule has 15 atom stereocenters. The lowest BCUT2D eigenvalue weighted by molar-refractivity contribution is -0.360. The van der Waals surface area contributed by atoms with E-state index in [1.165, 1.54) is 19.9 Å². The van der Waals surface area contributed by atoms with E-state index in [0.717, 1.165) is 24.3 Å². The van der Waals surface area contributed by atoms with Crippen molar-refractivity contribution in [1.82, 2.24) is 0 Å². The third-order valence-electron chi connectivity index (χ3n) is 9.37. The third-order valence-corrected chi connectivity index (χ3v) is 9.37. The molecule has 0 amide bonds. The van der Waals surface area contributed by atoms with Crippen molar-refractivity contribution in [3.05, 3.63) is 40.6 Å². The van der Waals surface area contributed by atoms with Gasteiger partial charge < -0.3 is 94.1 Å². The molecule has 12 N–H and O–H groups in total. The molecule has 3 aliphatic heterocycles. The van der Waals surface area contributed by atoms with E-state index in [1.54, 1.807) is 0 Å². The zero-order chi connectivity index (χ0) is 38.6. The number of hydrogen-bond acceptors (Lipinski definition) is 20. The molecule has 3 aliphatic rings. The number of hydrogen-bond donors (Lipinski definition) is 12. The van der Waals surface area contributed by atoms with Crippen molar-refractivity contribution in [3.8, 4) is 40.1 Å². The standard InChI is InChI=1S/C33H40O20/c1-9-19(38)23(42)26(45)31(48-9)47-8-17-21(40)25(44)30(53-32-27(46)24(43)20(39)10(2)49-32)33(51-17)52-29-22(41)18-15(37)6-12(34)7-16(18)50-28(29)11-3-4-13(35)14(36)5-11/h3-7,9-10,17,19-21,23-27,30-40,42-46H,8H2,1-2H3/t9-,10-,17-,19-,20-,21-,23+,24+,25+,26+,27+,30-,31+,32-,33+/m1/s1. The Labute approximate surface area is 298 Å². The second-order valence-corrected chi connectivity index (χ2v) is 13.1. The molecule has 0 unspecified atom stereocenters. The van der Waals surface area contributed by atoms with Crippen LogP contribution in [0.1, 0.15) is 13.8 Å². The maximum Gasteiger partial charge on any atom is 0.239 e. The Morgan fingerprint density at radius 1 is 0.642 bits per heavy atom. The van der Waals surface area contributed by atoms with Gasteiger partial charge in [0, 0.05) is 17.7 Å². The number of aliphatic hydroxyl groups excluding tert-OH is 8. The lowest BCUT2D eigenvalue weighted by atomic mass is 9.97. The topological polar surface area (TPSA) is 328 Å². The minimum absolute atomic E-state index is 0.0962. The Hall–Kier alpha value is -3.87. The predicted octanol–water partition coefficient (Wildman–Crippen LogP) is -2.84. The molecule has 6 rings (SSSR count). The first-order valence-corrected chi connectivity index (χ1v) is 16.4. The average Bonchev–Trinajstić information content (AvgIpc) is 3.11. The number of aromatic hydroxyl groups is 4. The van der Waals surface area contributed by atoms with E-state index >= 15 is 0 Å². The zero-order valence-electron chi connectivity index (χ0n) is 27.9. The molecular formula is C33H40O20. The van der Waals surface area contributed by atoms with Gasteiger partial charge in [0.15, 0.2) is 35.9 Å². The lowest BCUT2D eigenvalue weighted by Crippen LogP contribution is -2.65. The highest BCUT2D eigenvalue weighted by molar-refractivity contribution is 5.88. The first-order chi connectivity index (χ1) is 25.0. The maximum absolute atomic E-state index is 14.0. The highest BCUT2D eigenvalue weighted by Crippen LogP contribution is 2.40. The summed E-state index contributed by atoms with van der Waals surface area (Å²) in [6, 6.07) is 5.09. The number of fused-ring (bicyclic) bond motifs is 1. The van der Waals surface area contributed by atoms with E-state index < -0.39 is 144 Å². The van der Waals surface area contributed by atoms with Crippen LogP contribution in [0.4, 0.5) is 0 Å². The molecule has 20 nitrogen and oxygen atoms in total. The van der Waals surface area contributed by atoms with Gasteiger partial charge in [-0.3, -0.25) is 4.79 Å². The van der Waals surface area contributed by atoms with Gasteiger partial charge in [-0.15, -0.1) is 0 Å². The molecule has 0 radical (unpaired) electrons. The van der Waals surface area contributed by atoms with Crippen LogP contribution in [-0.4, -0.2) is 160 Å². The predicted molar refractivity (Wildman–Crippen MR) is 171 cm³/mol. The first kappa shape index (κ1) is 38.8. The Kier molecular flexibility index (Phi) is 11.1. The van der Waals surface area contributed by atoms with Gasteiger partial charge in [-0.2, -0.15) is 0 Å². The second-order valence-electron chi connectivity index (χ2n) is 13.1. The molecule has 0 saturated carbocycles. The van der Waals surface area contributed by atoms with Crippen LogP contribution >= 0.6 is 0 Å². The number of phenolic OH excluding ortho intramolecular Hbond substituents is 4. The van der Waals surface area contributed by atoms with Crippen LogP contribution < -0.4 is 10.2 Å². The second kappa shape index (κ2) is 15.1. The van der Waals surface area contributed by atoms with Crippen LogP contribution in [-0.2, 0) is 23.7 Å². The monoisotopic (exact) mass is 756 g/mol. The molecule has 3 saturated heterocycles. The van der Waals surface area contributed by atoms with Crippen LogP contribution in [0.15, 0.2) is 39.5 Å². The Morgan fingerprint density at radius 2 is 1.26 bits per heavy atom. The fourth-order valence-electron chi connectivity index (χ4n) is 6.25. The average molecular weight is 757 g/mol. The van der Waals surface area contributed by atoms with E-state index in [1.807, 2.05) is 0 Å². The van der Waals surface area contributed by atoms with Crippen molar-refractivity contribution >= 4 is 11.0 Å². The Bertz CT molecular complexity index is 1830. The van der Waals surface area contributed by atoms with Gasteiger partial charge in [-0.1, -0.05) is 0 Å². The molecule has 0 aliphatic carbocycles. The van der Waals surface area contributed by atoms with E-state index in [0.29, 0.717) is 0 Å². The van der Waals surface area contributed by atoms with Crippen molar-refractivity contribution in [1.29, 1.82) is 0 Å². The highest BCUT2D eigenvalue weighted by atomic mass is 16.8. The Balaban J connectivity index is 1.40. The number of phenols is 4. The van der Waals surface area contributed by atoms with Crippen molar-refractivity contribution in [2.75, 3.05) is 6.61 Å². The molecule has 53 heavy (non-hydrogen) atoms. The SMILES string of the molecule is C[C@H]1O[C@H](OC[C@H]2O[C@@H](Oc3c(-c4ccc(O)c(O)c4)oc4cc(O)cc(O)c4c3=O)[C@H](O[C@H]3O[C@H](C)[C@@H](O)[C@H](O)[C@@H]3O)[C@@H](O)[C@@H]2O)[C@@H](O)[C@@H](O)[C@@H]1O. The summed E-state index contributed by atoms with van der Waals surface area (Å²) in [5.74, 6) is -3.68. The largest absolute Gasteiger partial charge is 0.508 e. The summed E-state index contributed by atoms with van der Waals surface area (Å²) in [7, 11) is 0. The number of benzene rings is 2. The van der Waals surface area contributed by atoms with E-state index in [9.17, 15) is 66.1 Å². The van der Waals surface area contributed by atoms with Gasteiger partial charge >= 0.3 is 0 Å². The summed E-state index contributed by atoms with van der Waals surface area (Å²) in [5, 5.41) is 125. The van der Waals surface area contributed by atoms with Crippen LogP contribution in [0.3, 0.4) is 0 Å². The molecule has 3 aromatic rings. The number of aliphatic hydroxyl groups is 8. The van der Waals surface area contributed by atoms with Crippen LogP contribution in [0.2, 0.25) is 0 Å². The van der Waals surface area contributed by atoms with E-state index in [4.69, 9.17) is 32.8 Å². The van der Waals surface area contributed by atoms with Crippen molar-refractivity contribution in [3.63, 3.8) is 0 Å². The minimum atomic E-state index is -2.04. The van der Waals surface area contributed by atoms with Gasteiger partial charge in [0.1, 0.15) is 77.4 Å². The van der Waals surface area contributed by atoms with E-state index in [2.05, 4.69) is 0 Å². The fraction of sp³-hybridized carbons (Fsp3) is 0.545. The van der Waals surface area contributed by atoms with Crippen LogP contribution in [0.5, 0.6) is 28.7 Å². The molecule has 0 spiro atoms. The number of ether oxygens (including phenoxy) is 6. The highest BCUT2D eigenvalue weighted by Gasteiger charge is 2.52. The summed E-state index contributed by atoms with van der Waals surface area (Å²) in [5.41, 5.74) is -1.54. The molecular weight excluding hydrogens is 716 g/mol. The molecule has 3 fully saturated rings. The van der Waals surface area contributed by atoms with Gasteiger partial charge in [0.25, 0.3) is 0 Å². The first-order valence-electron chi connectivity index (χ1n) is 16.4. The molecule has 0 bridgehead atoms. The van der Waals surface area contributed by atoms with Gasteiger partial charge in [0.05, 0.1) is 18.8 Å². The smallest absolute Gasteiger partial charge is 0.239 e. The van der Waals surface area contributed by atoms with Crippen molar-refractivity contribution < 1.29 is 94.1 Å². The van der Waals surface area contributed by atoms with Gasteiger partial charge in [0.2, 0.25) is 17.5 Å². The number of rotatable bonds is 8. The summed E-state index contributed by atoms with van der Waals surface area (Å²) >= 11 is 0. The molecule has 4 heterocycles. The Morgan fingerprint density at radius 3 is 1.91 bits per heavy atom. The van der Waals surface area contributed by atoms with Gasteiger partial charge in [-0.05, 0) is 32.0 Å². The molecule has 2 aromatic carbocycles. The van der Waals surface area contributed by atoms with Crippen molar-refractivity contribution in [2.24, 2.45) is 0 Å². The summed E-state index contributed by atoms with van der Waals surface area (Å²) < 4.78 is 40.1. The van der Waals surface area contributed by atoms with Crippen LogP contribution in [0, 0.1) is 0 Å². The quantitative estimate of drug-likeness (QED) is 0.103. The van der Waals surface area contributed by atoms with E-state index in [-0.39, 0.29) is 11.1 Å². The summed E-state index contributed by atoms with van der Waals surface area (Å²) in [6.45, 7) is 2.05. The third kappa shape index (κ3) is 7.34. The van der Waals surface area contributed by atoms with Crippen LogP contribution in [0.25, 0.3) is 22.3 Å². The fourth-order valence-corrected chi connectivity index (χ4v) is 6.25. The molecule has 20 heteroatoms. The minimum Gasteiger partial charge on any atom is -0.508 e.